The number of fused-ring (bicyclic) bond motifs is 1. The largest absolute Gasteiger partial charge is 0.488 e. The van der Waals surface area contributed by atoms with Crippen LogP contribution in [-0.4, -0.2) is 68.2 Å². The zero-order valence-electron chi connectivity index (χ0n) is 17.8. The minimum Gasteiger partial charge on any atom is -0.488 e. The Kier molecular flexibility index (Phi) is 8.25. The van der Waals surface area contributed by atoms with Crippen molar-refractivity contribution in [3.63, 3.8) is 0 Å². The molecule has 0 bridgehead atoms. The highest BCUT2D eigenvalue weighted by molar-refractivity contribution is 7.10. The molecule has 1 aliphatic rings. The van der Waals surface area contributed by atoms with E-state index in [4.69, 9.17) is 9.47 Å². The third-order valence-electron chi connectivity index (χ3n) is 5.16. The van der Waals surface area contributed by atoms with Crippen LogP contribution in [0.4, 0.5) is 9.18 Å². The lowest BCUT2D eigenvalue weighted by Crippen LogP contribution is -2.50. The number of para-hydroxylation sites is 1. The summed E-state index contributed by atoms with van der Waals surface area (Å²) in [7, 11) is 1.55. The predicted molar refractivity (Wildman–Crippen MR) is 117 cm³/mol. The number of benzene rings is 1. The minimum absolute atomic E-state index is 0.0646. The molecule has 1 aromatic heterocycles. The Morgan fingerprint density at radius 1 is 1.32 bits per heavy atom. The lowest BCUT2D eigenvalue weighted by molar-refractivity contribution is -0.135. The summed E-state index contributed by atoms with van der Waals surface area (Å²) < 4.78 is 24.9. The van der Waals surface area contributed by atoms with Crippen molar-refractivity contribution in [2.45, 2.75) is 19.4 Å². The van der Waals surface area contributed by atoms with E-state index in [9.17, 15) is 14.0 Å². The molecule has 0 spiro atoms. The first-order valence-corrected chi connectivity index (χ1v) is 11.2. The van der Waals surface area contributed by atoms with Gasteiger partial charge in [0, 0.05) is 31.6 Å². The molecule has 1 N–H and O–H groups in total. The molecule has 3 rings (SSSR count). The Balaban J connectivity index is 1.76. The Hall–Kier alpha value is -2.65. The molecule has 2 aromatic rings. The number of nitrogens with zero attached hydrogens (tertiary/aromatic N) is 2. The van der Waals surface area contributed by atoms with Gasteiger partial charge in [0.1, 0.15) is 13.2 Å². The summed E-state index contributed by atoms with van der Waals surface area (Å²) in [6, 6.07) is 7.56. The second kappa shape index (κ2) is 11.1. The van der Waals surface area contributed by atoms with Crippen molar-refractivity contribution < 1.29 is 23.5 Å². The summed E-state index contributed by atoms with van der Waals surface area (Å²) in [6.45, 7) is 3.53. The van der Waals surface area contributed by atoms with E-state index in [-0.39, 0.29) is 36.9 Å². The maximum atomic E-state index is 14.0. The smallest absolute Gasteiger partial charge is 0.317 e. The summed E-state index contributed by atoms with van der Waals surface area (Å²) in [4.78, 5) is 30.0. The average molecular weight is 450 g/mol. The third kappa shape index (κ3) is 5.74. The van der Waals surface area contributed by atoms with Crippen LogP contribution in [0.1, 0.15) is 23.4 Å². The molecule has 168 valence electrons. The van der Waals surface area contributed by atoms with Gasteiger partial charge in [0.2, 0.25) is 5.91 Å². The van der Waals surface area contributed by atoms with Crippen molar-refractivity contribution in [1.29, 1.82) is 0 Å². The molecule has 0 fully saturated rings. The standard InChI is InChI=1S/C22H28FN3O4S/c1-3-24-22(28)25(11-12-29-2)14-21(27)26-10-8-20-16(9-13-31-20)18(26)15-30-19-7-5-4-6-17(19)23/h4-7,9,13,18H,3,8,10-12,14-15H2,1-2H3,(H,24,28)/t18-/m1/s1. The van der Waals surface area contributed by atoms with Crippen molar-refractivity contribution in [1.82, 2.24) is 15.1 Å². The Bertz CT molecular complexity index is 891. The number of hydrogen-bond donors (Lipinski definition) is 1. The minimum atomic E-state index is -0.441. The van der Waals surface area contributed by atoms with Gasteiger partial charge in [-0.3, -0.25) is 4.79 Å². The highest BCUT2D eigenvalue weighted by atomic mass is 32.1. The molecule has 1 atom stereocenters. The van der Waals surface area contributed by atoms with Crippen LogP contribution in [0.2, 0.25) is 0 Å². The number of ether oxygens (including phenoxy) is 2. The summed E-state index contributed by atoms with van der Waals surface area (Å²) in [5.74, 6) is -0.466. The second-order valence-corrected chi connectivity index (χ2v) is 8.14. The molecule has 0 saturated carbocycles. The lowest BCUT2D eigenvalue weighted by Gasteiger charge is -2.37. The normalized spacial score (nSPS) is 15.3. The van der Waals surface area contributed by atoms with Crippen LogP contribution >= 0.6 is 11.3 Å². The van der Waals surface area contributed by atoms with E-state index in [1.165, 1.54) is 15.8 Å². The maximum absolute atomic E-state index is 14.0. The van der Waals surface area contributed by atoms with Crippen LogP contribution in [0.5, 0.6) is 5.75 Å². The molecular formula is C22H28FN3O4S. The number of nitrogens with one attached hydrogen (secondary N) is 1. The summed E-state index contributed by atoms with van der Waals surface area (Å²) in [6.07, 6.45) is 0.744. The molecule has 0 radical (unpaired) electrons. The first-order chi connectivity index (χ1) is 15.0. The van der Waals surface area contributed by atoms with Crippen LogP contribution in [0, 0.1) is 5.82 Å². The number of methoxy groups -OCH3 is 1. The quantitative estimate of drug-likeness (QED) is 0.639. The van der Waals surface area contributed by atoms with Gasteiger partial charge in [-0.1, -0.05) is 12.1 Å². The van der Waals surface area contributed by atoms with Gasteiger partial charge in [-0.15, -0.1) is 11.3 Å². The molecule has 0 unspecified atom stereocenters. The average Bonchev–Trinajstić information content (AvgIpc) is 3.25. The number of carbonyl (C=O) groups is 2. The third-order valence-corrected chi connectivity index (χ3v) is 6.15. The van der Waals surface area contributed by atoms with Gasteiger partial charge in [-0.2, -0.15) is 0 Å². The van der Waals surface area contributed by atoms with Crippen molar-refractivity contribution in [3.8, 4) is 5.75 Å². The monoisotopic (exact) mass is 449 g/mol. The van der Waals surface area contributed by atoms with Gasteiger partial charge < -0.3 is 24.6 Å². The highest BCUT2D eigenvalue weighted by Gasteiger charge is 2.33. The number of hydrogen-bond acceptors (Lipinski definition) is 5. The molecule has 7 nitrogen and oxygen atoms in total. The SMILES string of the molecule is CCNC(=O)N(CCOC)CC(=O)N1CCc2sccc2[C@H]1COc1ccccc1F. The van der Waals surface area contributed by atoms with E-state index >= 15 is 0 Å². The Morgan fingerprint density at radius 2 is 2.13 bits per heavy atom. The summed E-state index contributed by atoms with van der Waals surface area (Å²) in [5.41, 5.74) is 1.02. The van der Waals surface area contributed by atoms with E-state index in [1.807, 2.05) is 18.4 Å². The lowest BCUT2D eigenvalue weighted by atomic mass is 10.0. The Morgan fingerprint density at radius 3 is 2.87 bits per heavy atom. The van der Waals surface area contributed by atoms with Crippen LogP contribution < -0.4 is 10.1 Å². The fourth-order valence-corrected chi connectivity index (χ4v) is 4.50. The van der Waals surface area contributed by atoms with Gasteiger partial charge in [-0.25, -0.2) is 9.18 Å². The van der Waals surface area contributed by atoms with Crippen LogP contribution in [-0.2, 0) is 16.0 Å². The zero-order valence-corrected chi connectivity index (χ0v) is 18.6. The molecule has 3 amide bonds. The number of amides is 3. The zero-order chi connectivity index (χ0) is 22.2. The molecule has 0 saturated heterocycles. The number of urea groups is 1. The van der Waals surface area contributed by atoms with E-state index < -0.39 is 5.82 Å². The van der Waals surface area contributed by atoms with Crippen molar-refractivity contribution >= 4 is 23.3 Å². The second-order valence-electron chi connectivity index (χ2n) is 7.14. The first-order valence-electron chi connectivity index (χ1n) is 10.3. The van der Waals surface area contributed by atoms with E-state index in [1.54, 1.807) is 41.5 Å². The number of thiophene rings is 1. The fourth-order valence-electron chi connectivity index (χ4n) is 3.58. The predicted octanol–water partition coefficient (Wildman–Crippen LogP) is 3.07. The highest BCUT2D eigenvalue weighted by Crippen LogP contribution is 2.34. The van der Waals surface area contributed by atoms with Crippen molar-refractivity contribution in [2.75, 3.05) is 46.5 Å². The van der Waals surface area contributed by atoms with Gasteiger partial charge >= 0.3 is 6.03 Å². The van der Waals surface area contributed by atoms with Gasteiger partial charge in [0.25, 0.3) is 0 Å². The van der Waals surface area contributed by atoms with E-state index in [0.717, 1.165) is 12.0 Å². The molecule has 31 heavy (non-hydrogen) atoms. The first kappa shape index (κ1) is 23.0. The molecular weight excluding hydrogens is 421 g/mol. The number of halogens is 1. The topological polar surface area (TPSA) is 71.1 Å². The van der Waals surface area contributed by atoms with Crippen molar-refractivity contribution in [3.05, 3.63) is 52.0 Å². The van der Waals surface area contributed by atoms with Gasteiger partial charge in [0.15, 0.2) is 11.6 Å². The summed E-state index contributed by atoms with van der Waals surface area (Å²) >= 11 is 1.65. The molecule has 1 aliphatic heterocycles. The number of rotatable bonds is 9. The van der Waals surface area contributed by atoms with Gasteiger partial charge in [0.05, 0.1) is 12.6 Å². The van der Waals surface area contributed by atoms with Crippen LogP contribution in [0.3, 0.4) is 0 Å². The number of carbonyl (C=O) groups excluding carboxylic acids is 2. The Labute approximate surface area is 185 Å². The van der Waals surface area contributed by atoms with Crippen molar-refractivity contribution in [2.24, 2.45) is 0 Å². The maximum Gasteiger partial charge on any atom is 0.317 e. The fraction of sp³-hybridized carbons (Fsp3) is 0.455. The molecule has 9 heteroatoms. The molecule has 1 aromatic carbocycles. The van der Waals surface area contributed by atoms with Crippen LogP contribution in [0.25, 0.3) is 0 Å². The van der Waals surface area contributed by atoms with E-state index in [0.29, 0.717) is 26.2 Å². The molecule has 2 heterocycles. The summed E-state index contributed by atoms with van der Waals surface area (Å²) in [5, 5.41) is 4.73. The molecule has 0 aliphatic carbocycles. The van der Waals surface area contributed by atoms with E-state index in [2.05, 4.69) is 5.32 Å². The van der Waals surface area contributed by atoms with Crippen LogP contribution in [0.15, 0.2) is 35.7 Å². The van der Waals surface area contributed by atoms with Gasteiger partial charge in [-0.05, 0) is 42.5 Å².